The van der Waals surface area contributed by atoms with Crippen LogP contribution in [0, 0.1) is 20.8 Å². The highest BCUT2D eigenvalue weighted by molar-refractivity contribution is 5.95. The van der Waals surface area contributed by atoms with E-state index in [9.17, 15) is 9.59 Å². The van der Waals surface area contributed by atoms with Crippen molar-refractivity contribution in [1.29, 1.82) is 0 Å². The minimum absolute atomic E-state index is 0.102. The van der Waals surface area contributed by atoms with E-state index in [1.165, 1.54) is 55.4 Å². The number of ketones is 2. The SMILES string of the molecule is C=CC(=O)CC(C)c1cccc2ccccc12.Cc1cccc(/C=C/C(=O)CC(C)c2cccc3ccccc23)c1.Cc1cccc(C)c1. The Balaban J connectivity index is 0.000000187. The zero-order valence-electron chi connectivity index (χ0n) is 29.5. The van der Waals surface area contributed by atoms with E-state index >= 15 is 0 Å². The molecule has 0 aliphatic rings. The molecule has 0 saturated carbocycles. The van der Waals surface area contributed by atoms with Crippen molar-refractivity contribution in [1.82, 2.24) is 0 Å². The minimum Gasteiger partial charge on any atom is -0.295 e. The molecule has 6 rings (SSSR count). The minimum atomic E-state index is 0.102. The van der Waals surface area contributed by atoms with Crippen molar-refractivity contribution < 1.29 is 9.59 Å². The van der Waals surface area contributed by atoms with Gasteiger partial charge in [0.05, 0.1) is 0 Å². The van der Waals surface area contributed by atoms with E-state index in [-0.39, 0.29) is 23.4 Å². The van der Waals surface area contributed by atoms with Crippen molar-refractivity contribution in [2.24, 2.45) is 0 Å². The molecule has 0 spiro atoms. The number of fused-ring (bicyclic) bond motifs is 2. The third-order valence-electron chi connectivity index (χ3n) is 8.63. The molecule has 0 radical (unpaired) electrons. The molecule has 6 aromatic carbocycles. The summed E-state index contributed by atoms with van der Waals surface area (Å²) >= 11 is 0. The lowest BCUT2D eigenvalue weighted by Crippen LogP contribution is -2.02. The zero-order valence-corrected chi connectivity index (χ0v) is 29.5. The molecular weight excluding hydrogens is 597 g/mol. The summed E-state index contributed by atoms with van der Waals surface area (Å²) in [5, 5.41) is 4.93. The van der Waals surface area contributed by atoms with Crippen molar-refractivity contribution in [3.8, 4) is 0 Å². The fraction of sp³-hybridized carbons (Fsp3) is 0.191. The molecule has 2 atom stereocenters. The molecule has 0 aliphatic heterocycles. The number of benzene rings is 6. The van der Waals surface area contributed by atoms with Crippen molar-refractivity contribution in [2.75, 3.05) is 0 Å². The van der Waals surface area contributed by atoms with Gasteiger partial charge in [-0.1, -0.05) is 177 Å². The van der Waals surface area contributed by atoms with E-state index < -0.39 is 0 Å². The highest BCUT2D eigenvalue weighted by atomic mass is 16.1. The number of hydrogen-bond donors (Lipinski definition) is 0. The quantitative estimate of drug-likeness (QED) is 0.147. The van der Waals surface area contributed by atoms with Gasteiger partial charge in [0, 0.05) is 12.8 Å². The maximum Gasteiger partial charge on any atom is 0.156 e. The molecule has 0 N–H and O–H groups in total. The van der Waals surface area contributed by atoms with E-state index in [2.05, 4.69) is 138 Å². The van der Waals surface area contributed by atoms with Crippen LogP contribution in [0.2, 0.25) is 0 Å². The van der Waals surface area contributed by atoms with Crippen molar-refractivity contribution in [3.63, 3.8) is 0 Å². The van der Waals surface area contributed by atoms with Gasteiger partial charge in [-0.15, -0.1) is 0 Å². The molecule has 0 fully saturated rings. The average Bonchev–Trinajstić information content (AvgIpc) is 3.10. The molecule has 0 bridgehead atoms. The molecular formula is C47H48O2. The van der Waals surface area contributed by atoms with Crippen LogP contribution in [0.1, 0.15) is 71.9 Å². The van der Waals surface area contributed by atoms with Crippen LogP contribution in [-0.2, 0) is 9.59 Å². The first-order valence-corrected chi connectivity index (χ1v) is 17.1. The van der Waals surface area contributed by atoms with Gasteiger partial charge in [0.15, 0.2) is 11.6 Å². The molecule has 0 aliphatic carbocycles. The summed E-state index contributed by atoms with van der Waals surface area (Å²) in [6, 6.07) is 45.8. The van der Waals surface area contributed by atoms with E-state index in [4.69, 9.17) is 0 Å². The predicted octanol–water partition coefficient (Wildman–Crippen LogP) is 12.3. The summed E-state index contributed by atoms with van der Waals surface area (Å²) < 4.78 is 0. The third kappa shape index (κ3) is 11.1. The number of carbonyl (C=O) groups excluding carboxylic acids is 2. The lowest BCUT2D eigenvalue weighted by molar-refractivity contribution is -0.115. The predicted molar refractivity (Wildman–Crippen MR) is 210 cm³/mol. The summed E-state index contributed by atoms with van der Waals surface area (Å²) in [7, 11) is 0. The van der Waals surface area contributed by atoms with Gasteiger partial charge in [-0.2, -0.15) is 0 Å². The summed E-state index contributed by atoms with van der Waals surface area (Å²) in [6.45, 7) is 14.0. The number of carbonyl (C=O) groups is 2. The van der Waals surface area contributed by atoms with Crippen molar-refractivity contribution >= 4 is 39.2 Å². The van der Waals surface area contributed by atoms with Crippen LogP contribution in [-0.4, -0.2) is 11.6 Å². The molecule has 2 unspecified atom stereocenters. The number of hydrogen-bond acceptors (Lipinski definition) is 2. The maximum absolute atomic E-state index is 12.3. The first-order chi connectivity index (χ1) is 23.6. The van der Waals surface area contributed by atoms with Gasteiger partial charge in [-0.3, -0.25) is 9.59 Å². The monoisotopic (exact) mass is 644 g/mol. The summed E-state index contributed by atoms with van der Waals surface area (Å²) in [5.41, 5.74) is 7.42. The van der Waals surface area contributed by atoms with Gasteiger partial charge in [0.1, 0.15) is 0 Å². The Kier molecular flexibility index (Phi) is 13.6. The molecule has 0 amide bonds. The average molecular weight is 645 g/mol. The molecule has 2 heteroatoms. The lowest BCUT2D eigenvalue weighted by Gasteiger charge is -2.13. The van der Waals surface area contributed by atoms with Crippen LogP contribution in [0.3, 0.4) is 0 Å². The van der Waals surface area contributed by atoms with Gasteiger partial charge in [0.2, 0.25) is 0 Å². The number of aryl methyl sites for hydroxylation is 3. The standard InChI is InChI=1S/C23H22O.C16H16O.C8H10/c1-17-7-5-8-19(15-17)13-14-21(24)16-18(2)22-12-6-10-20-9-3-4-11-23(20)22;1-3-14(17)11-12(2)15-10-6-8-13-7-4-5-9-16(13)15;1-7-4-3-5-8(2)6-7/h3-15,18H,16H2,1-2H3;3-10,12H,1,11H2,2H3;3-6H,1-2H3/b14-13+;;. The Morgan fingerprint density at radius 3 is 1.45 bits per heavy atom. The van der Waals surface area contributed by atoms with Crippen LogP contribution in [0.4, 0.5) is 0 Å². The summed E-state index contributed by atoms with van der Waals surface area (Å²) in [5.74, 6) is 0.694. The van der Waals surface area contributed by atoms with E-state index in [0.717, 1.165) is 5.56 Å². The van der Waals surface area contributed by atoms with Gasteiger partial charge in [-0.05, 0) is 83.0 Å². The van der Waals surface area contributed by atoms with Gasteiger partial charge in [-0.25, -0.2) is 0 Å². The molecule has 6 aromatic rings. The first kappa shape index (κ1) is 36.5. The Morgan fingerprint density at radius 1 is 0.551 bits per heavy atom. The molecule has 0 aromatic heterocycles. The zero-order chi connectivity index (χ0) is 35.2. The first-order valence-electron chi connectivity index (χ1n) is 17.1. The topological polar surface area (TPSA) is 34.1 Å². The Hall–Kier alpha value is -5.34. The molecule has 0 saturated heterocycles. The number of rotatable bonds is 9. The molecule has 49 heavy (non-hydrogen) atoms. The normalized spacial score (nSPS) is 11.9. The maximum atomic E-state index is 12.3. The highest BCUT2D eigenvalue weighted by Crippen LogP contribution is 2.29. The Morgan fingerprint density at radius 2 is 0.980 bits per heavy atom. The fourth-order valence-corrected chi connectivity index (χ4v) is 6.11. The summed E-state index contributed by atoms with van der Waals surface area (Å²) in [6.07, 6.45) is 6.07. The third-order valence-corrected chi connectivity index (χ3v) is 8.63. The van der Waals surface area contributed by atoms with Crippen molar-refractivity contribution in [3.05, 3.63) is 186 Å². The van der Waals surface area contributed by atoms with E-state index in [1.807, 2.05) is 42.5 Å². The second-order valence-corrected chi connectivity index (χ2v) is 12.9. The largest absolute Gasteiger partial charge is 0.295 e. The van der Waals surface area contributed by atoms with Crippen LogP contribution in [0.25, 0.3) is 27.6 Å². The molecule has 248 valence electrons. The van der Waals surface area contributed by atoms with Crippen LogP contribution < -0.4 is 0 Å². The van der Waals surface area contributed by atoms with E-state index in [1.54, 1.807) is 6.08 Å². The van der Waals surface area contributed by atoms with Crippen LogP contribution >= 0.6 is 0 Å². The molecule has 2 nitrogen and oxygen atoms in total. The smallest absolute Gasteiger partial charge is 0.156 e. The second-order valence-electron chi connectivity index (χ2n) is 12.9. The highest BCUT2D eigenvalue weighted by Gasteiger charge is 2.13. The Bertz CT molecular complexity index is 2020. The fourth-order valence-electron chi connectivity index (χ4n) is 6.11. The van der Waals surface area contributed by atoms with Gasteiger partial charge in [0.25, 0.3) is 0 Å². The Labute approximate surface area is 292 Å². The molecule has 0 heterocycles. The number of allylic oxidation sites excluding steroid dienone is 2. The van der Waals surface area contributed by atoms with E-state index in [0.29, 0.717) is 12.8 Å². The summed E-state index contributed by atoms with van der Waals surface area (Å²) in [4.78, 5) is 23.7. The van der Waals surface area contributed by atoms with Gasteiger partial charge < -0.3 is 0 Å². The van der Waals surface area contributed by atoms with Crippen LogP contribution in [0.15, 0.2) is 152 Å². The second kappa shape index (κ2) is 18.3. The van der Waals surface area contributed by atoms with Crippen molar-refractivity contribution in [2.45, 2.75) is 59.3 Å². The van der Waals surface area contributed by atoms with Gasteiger partial charge >= 0.3 is 0 Å². The van der Waals surface area contributed by atoms with Crippen LogP contribution in [0.5, 0.6) is 0 Å². The lowest BCUT2D eigenvalue weighted by atomic mass is 9.91.